The van der Waals surface area contributed by atoms with E-state index in [1.807, 2.05) is 61.5 Å². The number of piperidine rings is 1. The highest BCUT2D eigenvalue weighted by Gasteiger charge is 2.34. The monoisotopic (exact) mass is 463 g/mol. The zero-order chi connectivity index (χ0) is 23.8. The first-order chi connectivity index (χ1) is 16.7. The normalized spacial score (nSPS) is 18.7. The van der Waals surface area contributed by atoms with Crippen LogP contribution in [0.4, 0.5) is 5.69 Å². The summed E-state index contributed by atoms with van der Waals surface area (Å²) in [5.74, 6) is 0.975. The molecule has 0 aliphatic carbocycles. The van der Waals surface area contributed by atoms with Gasteiger partial charge in [-0.25, -0.2) is 0 Å². The van der Waals surface area contributed by atoms with Crippen molar-refractivity contribution in [3.63, 3.8) is 0 Å². The van der Waals surface area contributed by atoms with Gasteiger partial charge < -0.3 is 15.0 Å². The molecule has 2 aromatic rings. The molecular formula is C28H37N3O3. The van der Waals surface area contributed by atoms with Gasteiger partial charge >= 0.3 is 0 Å². The summed E-state index contributed by atoms with van der Waals surface area (Å²) in [6, 6.07) is 17.1. The second-order valence-electron chi connectivity index (χ2n) is 9.28. The molecule has 0 aromatic heterocycles. The molecule has 2 saturated heterocycles. The summed E-state index contributed by atoms with van der Waals surface area (Å²) in [5.41, 5.74) is 1.65. The molecule has 6 nitrogen and oxygen atoms in total. The first kappa shape index (κ1) is 24.3. The average Bonchev–Trinajstić information content (AvgIpc) is 3.16. The van der Waals surface area contributed by atoms with Crippen LogP contribution in [0.15, 0.2) is 54.6 Å². The Morgan fingerprint density at radius 3 is 2.24 bits per heavy atom. The number of hydrogen-bond donors (Lipinski definition) is 1. The summed E-state index contributed by atoms with van der Waals surface area (Å²) in [6.45, 7) is 5.71. The van der Waals surface area contributed by atoms with Crippen molar-refractivity contribution in [1.82, 2.24) is 9.80 Å². The molecule has 2 heterocycles. The first-order valence-electron chi connectivity index (χ1n) is 12.8. The number of ether oxygens (including phenoxy) is 1. The molecular weight excluding hydrogens is 426 g/mol. The van der Waals surface area contributed by atoms with Gasteiger partial charge in [-0.05, 0) is 63.4 Å². The van der Waals surface area contributed by atoms with Gasteiger partial charge in [0.05, 0.1) is 12.3 Å². The Morgan fingerprint density at radius 2 is 1.56 bits per heavy atom. The van der Waals surface area contributed by atoms with E-state index in [0.717, 1.165) is 57.4 Å². The van der Waals surface area contributed by atoms with Crippen LogP contribution in [0.2, 0.25) is 0 Å². The number of likely N-dealkylation sites (tertiary alicyclic amines) is 2. The Labute approximate surface area is 203 Å². The Hall–Kier alpha value is -2.86. The average molecular weight is 464 g/mol. The smallest absolute Gasteiger partial charge is 0.246 e. The maximum atomic E-state index is 13.6. The SMILES string of the molecule is CCOc1ccccc1NC(=O)[C@@H](c1ccccc1)N1CCC(C(=O)N2CCCCCC2)CC1. The van der Waals surface area contributed by atoms with Crippen molar-refractivity contribution in [3.05, 3.63) is 60.2 Å². The molecule has 2 aliphatic heterocycles. The van der Waals surface area contributed by atoms with Crippen LogP contribution >= 0.6 is 0 Å². The lowest BCUT2D eigenvalue weighted by Crippen LogP contribution is -2.46. The third-order valence-corrected chi connectivity index (χ3v) is 6.97. The van der Waals surface area contributed by atoms with Crippen molar-refractivity contribution in [2.75, 3.05) is 38.1 Å². The van der Waals surface area contributed by atoms with Crippen LogP contribution < -0.4 is 10.1 Å². The predicted octanol–water partition coefficient (Wildman–Crippen LogP) is 4.88. The Morgan fingerprint density at radius 1 is 0.912 bits per heavy atom. The lowest BCUT2D eigenvalue weighted by atomic mass is 9.92. The second-order valence-corrected chi connectivity index (χ2v) is 9.28. The van der Waals surface area contributed by atoms with E-state index in [1.165, 1.54) is 12.8 Å². The van der Waals surface area contributed by atoms with E-state index in [9.17, 15) is 9.59 Å². The quantitative estimate of drug-likeness (QED) is 0.636. The van der Waals surface area contributed by atoms with Crippen LogP contribution in [0.3, 0.4) is 0 Å². The van der Waals surface area contributed by atoms with Gasteiger partial charge in [0.2, 0.25) is 11.8 Å². The molecule has 2 fully saturated rings. The van der Waals surface area contributed by atoms with Crippen molar-refractivity contribution in [2.45, 2.75) is 51.5 Å². The van der Waals surface area contributed by atoms with Crippen molar-refractivity contribution < 1.29 is 14.3 Å². The highest BCUT2D eigenvalue weighted by Crippen LogP contribution is 2.31. The second kappa shape index (κ2) is 12.0. The molecule has 2 amide bonds. The fourth-order valence-corrected chi connectivity index (χ4v) is 5.17. The standard InChI is InChI=1S/C28H37N3O3/c1-2-34-25-15-9-8-14-24(25)29-27(32)26(22-12-6-5-7-13-22)30-20-16-23(17-21-30)28(33)31-18-10-3-4-11-19-31/h5-9,12-15,23,26H,2-4,10-11,16-21H2,1H3,(H,29,32)/t26-/m1/s1. The van der Waals surface area contributed by atoms with Crippen LogP contribution in [0.5, 0.6) is 5.75 Å². The van der Waals surface area contributed by atoms with Crippen molar-refractivity contribution in [1.29, 1.82) is 0 Å². The molecule has 2 aliphatic rings. The van der Waals surface area contributed by atoms with Crippen LogP contribution in [0, 0.1) is 5.92 Å². The van der Waals surface area contributed by atoms with Gasteiger partial charge in [-0.15, -0.1) is 0 Å². The molecule has 0 spiro atoms. The molecule has 0 radical (unpaired) electrons. The van der Waals surface area contributed by atoms with E-state index >= 15 is 0 Å². The van der Waals surface area contributed by atoms with Crippen molar-refractivity contribution in [2.24, 2.45) is 5.92 Å². The molecule has 0 unspecified atom stereocenters. The summed E-state index contributed by atoms with van der Waals surface area (Å²) >= 11 is 0. The van der Waals surface area contributed by atoms with E-state index < -0.39 is 6.04 Å². The van der Waals surface area contributed by atoms with Crippen LogP contribution in [-0.2, 0) is 9.59 Å². The fraction of sp³-hybridized carbons (Fsp3) is 0.500. The summed E-state index contributed by atoms with van der Waals surface area (Å²) in [6.07, 6.45) is 6.27. The largest absolute Gasteiger partial charge is 0.492 e. The topological polar surface area (TPSA) is 61.9 Å². The zero-order valence-corrected chi connectivity index (χ0v) is 20.2. The number of carbonyl (C=O) groups is 2. The highest BCUT2D eigenvalue weighted by molar-refractivity contribution is 5.96. The molecule has 182 valence electrons. The third-order valence-electron chi connectivity index (χ3n) is 6.97. The molecule has 4 rings (SSSR count). The molecule has 0 saturated carbocycles. The van der Waals surface area contributed by atoms with E-state index in [2.05, 4.69) is 15.1 Å². The Bertz CT molecular complexity index is 933. The van der Waals surface area contributed by atoms with Gasteiger partial charge in [0, 0.05) is 19.0 Å². The van der Waals surface area contributed by atoms with E-state index in [4.69, 9.17) is 4.74 Å². The molecule has 1 N–H and O–H groups in total. The van der Waals surface area contributed by atoms with Crippen molar-refractivity contribution in [3.8, 4) is 5.75 Å². The number of benzene rings is 2. The lowest BCUT2D eigenvalue weighted by molar-refractivity contribution is -0.137. The minimum absolute atomic E-state index is 0.0625. The number of nitrogens with one attached hydrogen (secondary N) is 1. The van der Waals surface area contributed by atoms with Gasteiger partial charge in [-0.2, -0.15) is 0 Å². The molecule has 1 atom stereocenters. The Kier molecular flexibility index (Phi) is 8.58. The van der Waals surface area contributed by atoms with E-state index in [1.54, 1.807) is 0 Å². The minimum Gasteiger partial charge on any atom is -0.492 e. The third kappa shape index (κ3) is 5.98. The predicted molar refractivity (Wildman–Crippen MR) is 135 cm³/mol. The fourth-order valence-electron chi connectivity index (χ4n) is 5.17. The number of amides is 2. The number of anilines is 1. The summed E-state index contributed by atoms with van der Waals surface area (Å²) < 4.78 is 5.71. The first-order valence-corrected chi connectivity index (χ1v) is 12.8. The highest BCUT2D eigenvalue weighted by atomic mass is 16.5. The maximum absolute atomic E-state index is 13.6. The summed E-state index contributed by atoms with van der Waals surface area (Å²) in [4.78, 5) is 31.0. The van der Waals surface area contributed by atoms with Crippen LogP contribution in [0.25, 0.3) is 0 Å². The van der Waals surface area contributed by atoms with Crippen molar-refractivity contribution >= 4 is 17.5 Å². The van der Waals surface area contributed by atoms with Crippen LogP contribution in [0.1, 0.15) is 57.1 Å². The van der Waals surface area contributed by atoms with Gasteiger partial charge in [-0.3, -0.25) is 14.5 Å². The number of hydrogen-bond acceptors (Lipinski definition) is 4. The van der Waals surface area contributed by atoms with Gasteiger partial charge in [0.1, 0.15) is 11.8 Å². The molecule has 2 aromatic carbocycles. The molecule has 0 bridgehead atoms. The van der Waals surface area contributed by atoms with Gasteiger partial charge in [0.15, 0.2) is 0 Å². The van der Waals surface area contributed by atoms with Gasteiger partial charge in [0.25, 0.3) is 0 Å². The van der Waals surface area contributed by atoms with E-state index in [0.29, 0.717) is 24.0 Å². The number of carbonyl (C=O) groups excluding carboxylic acids is 2. The molecule has 34 heavy (non-hydrogen) atoms. The lowest BCUT2D eigenvalue weighted by Gasteiger charge is -2.38. The number of nitrogens with zero attached hydrogens (tertiary/aromatic N) is 2. The zero-order valence-electron chi connectivity index (χ0n) is 20.2. The molecule has 6 heteroatoms. The number of para-hydroxylation sites is 2. The van der Waals surface area contributed by atoms with Crippen LogP contribution in [-0.4, -0.2) is 54.4 Å². The van der Waals surface area contributed by atoms with E-state index in [-0.39, 0.29) is 11.8 Å². The Balaban J connectivity index is 1.46. The minimum atomic E-state index is -0.412. The van der Waals surface area contributed by atoms with Gasteiger partial charge in [-0.1, -0.05) is 55.3 Å². The summed E-state index contributed by atoms with van der Waals surface area (Å²) in [5, 5.41) is 3.10. The number of rotatable bonds is 7. The summed E-state index contributed by atoms with van der Waals surface area (Å²) in [7, 11) is 0. The maximum Gasteiger partial charge on any atom is 0.246 e.